The Bertz CT molecular complexity index is 878. The number of alkyl halides is 3. The predicted molar refractivity (Wildman–Crippen MR) is 94.0 cm³/mol. The van der Waals surface area contributed by atoms with Crippen molar-refractivity contribution in [3.05, 3.63) is 65.7 Å². The summed E-state index contributed by atoms with van der Waals surface area (Å²) in [6, 6.07) is 14.3. The zero-order chi connectivity index (χ0) is 19.2. The number of carbonyl (C=O) groups excluding carboxylic acids is 2. The minimum Gasteiger partial charge on any atom is -0.274 e. The topological polar surface area (TPSA) is 37.4 Å². The van der Waals surface area contributed by atoms with E-state index in [0.29, 0.717) is 12.8 Å². The van der Waals surface area contributed by atoms with Crippen LogP contribution in [0, 0.1) is 11.8 Å². The molecule has 2 amide bonds. The average molecular weight is 373 g/mol. The van der Waals surface area contributed by atoms with Crippen molar-refractivity contribution in [2.45, 2.75) is 31.4 Å². The van der Waals surface area contributed by atoms with Crippen molar-refractivity contribution in [1.29, 1.82) is 0 Å². The normalized spacial score (nSPS) is 25.6. The molecule has 3 nitrogen and oxygen atoms in total. The molecule has 2 fully saturated rings. The van der Waals surface area contributed by atoms with Gasteiger partial charge in [0.2, 0.25) is 11.8 Å². The van der Waals surface area contributed by atoms with Crippen LogP contribution in [-0.4, -0.2) is 11.8 Å². The van der Waals surface area contributed by atoms with E-state index in [9.17, 15) is 22.8 Å². The Morgan fingerprint density at radius 1 is 0.852 bits per heavy atom. The maximum absolute atomic E-state index is 13.0. The molecule has 0 spiro atoms. The van der Waals surface area contributed by atoms with Crippen molar-refractivity contribution < 1.29 is 22.8 Å². The van der Waals surface area contributed by atoms with E-state index in [0.717, 1.165) is 29.0 Å². The molecule has 0 N–H and O–H groups in total. The smallest absolute Gasteiger partial charge is 0.274 e. The van der Waals surface area contributed by atoms with E-state index in [1.165, 1.54) is 12.1 Å². The summed E-state index contributed by atoms with van der Waals surface area (Å²) in [5.41, 5.74) is 0.275. The number of carbonyl (C=O) groups is 2. The molecule has 140 valence electrons. The van der Waals surface area contributed by atoms with Crippen molar-refractivity contribution in [2.75, 3.05) is 4.90 Å². The maximum Gasteiger partial charge on any atom is 0.416 e. The Hall–Kier alpha value is -2.63. The Balaban J connectivity index is 1.61. The minimum atomic E-state index is -4.52. The average Bonchev–Trinajstić information content (AvgIpc) is 2.92. The second-order valence-electron chi connectivity index (χ2n) is 7.19. The Kier molecular flexibility index (Phi) is 4.29. The van der Waals surface area contributed by atoms with Crippen molar-refractivity contribution in [2.24, 2.45) is 11.8 Å². The van der Waals surface area contributed by atoms with Crippen molar-refractivity contribution in [1.82, 2.24) is 0 Å². The van der Waals surface area contributed by atoms with Crippen LogP contribution in [0.25, 0.3) is 0 Å². The van der Waals surface area contributed by atoms with Crippen molar-refractivity contribution >= 4 is 17.5 Å². The third-order valence-corrected chi connectivity index (χ3v) is 5.63. The fraction of sp³-hybridized carbons (Fsp3) is 0.333. The van der Waals surface area contributed by atoms with Crippen LogP contribution in [0.2, 0.25) is 0 Å². The van der Waals surface area contributed by atoms with E-state index in [1.54, 1.807) is 0 Å². The van der Waals surface area contributed by atoms with Crippen LogP contribution in [0.1, 0.15) is 36.3 Å². The Labute approximate surface area is 154 Å². The summed E-state index contributed by atoms with van der Waals surface area (Å²) in [5, 5.41) is 0. The number of hydrogen-bond acceptors (Lipinski definition) is 2. The highest BCUT2D eigenvalue weighted by molar-refractivity contribution is 6.22. The van der Waals surface area contributed by atoms with Crippen molar-refractivity contribution in [3.8, 4) is 0 Å². The number of benzene rings is 2. The number of hydrogen-bond donors (Lipinski definition) is 0. The summed E-state index contributed by atoms with van der Waals surface area (Å²) in [6.45, 7) is 0. The molecule has 0 radical (unpaired) electrons. The van der Waals surface area contributed by atoms with Gasteiger partial charge in [-0.25, -0.2) is 0 Å². The van der Waals surface area contributed by atoms with Gasteiger partial charge in [-0.2, -0.15) is 13.2 Å². The summed E-state index contributed by atoms with van der Waals surface area (Å²) >= 11 is 0. The Morgan fingerprint density at radius 3 is 2.26 bits per heavy atom. The van der Waals surface area contributed by atoms with Crippen LogP contribution < -0.4 is 4.90 Å². The lowest BCUT2D eigenvalue weighted by Crippen LogP contribution is -2.31. The number of fused-ring (bicyclic) bond motifs is 1. The lowest BCUT2D eigenvalue weighted by molar-refractivity contribution is -0.137. The molecule has 2 aromatic carbocycles. The van der Waals surface area contributed by atoms with Gasteiger partial charge in [0, 0.05) is 0 Å². The minimum absolute atomic E-state index is 0.00508. The SMILES string of the molecule is O=C1[C@H]2C[C@@H](c3ccccc3)CC[C@H]2C(=O)N1c1cccc(C(F)(F)F)c1. The number of halogens is 3. The quantitative estimate of drug-likeness (QED) is 0.711. The highest BCUT2D eigenvalue weighted by atomic mass is 19.4. The zero-order valence-electron chi connectivity index (χ0n) is 14.4. The van der Waals surface area contributed by atoms with E-state index in [2.05, 4.69) is 0 Å². The summed E-state index contributed by atoms with van der Waals surface area (Å²) < 4.78 is 39.0. The van der Waals surface area contributed by atoms with Gasteiger partial charge >= 0.3 is 6.18 Å². The highest BCUT2D eigenvalue weighted by Gasteiger charge is 2.51. The molecular formula is C21H18F3NO2. The fourth-order valence-electron chi connectivity index (χ4n) is 4.28. The lowest BCUT2D eigenvalue weighted by atomic mass is 9.73. The van der Waals surface area contributed by atoms with E-state index in [-0.39, 0.29) is 23.4 Å². The maximum atomic E-state index is 13.0. The number of rotatable bonds is 2. The van der Waals surface area contributed by atoms with E-state index in [1.807, 2.05) is 30.3 Å². The molecule has 0 bridgehead atoms. The lowest BCUT2D eigenvalue weighted by Gasteiger charge is -2.28. The molecule has 27 heavy (non-hydrogen) atoms. The molecule has 2 aliphatic rings. The third-order valence-electron chi connectivity index (χ3n) is 5.63. The number of nitrogens with zero attached hydrogens (tertiary/aromatic N) is 1. The van der Waals surface area contributed by atoms with E-state index in [4.69, 9.17) is 0 Å². The van der Waals surface area contributed by atoms with Crippen LogP contribution >= 0.6 is 0 Å². The van der Waals surface area contributed by atoms with Gasteiger partial charge < -0.3 is 0 Å². The van der Waals surface area contributed by atoms with Gasteiger partial charge in [-0.3, -0.25) is 14.5 Å². The molecule has 4 rings (SSSR count). The van der Waals surface area contributed by atoms with Gasteiger partial charge in [-0.05, 0) is 48.9 Å². The number of anilines is 1. The molecule has 0 aromatic heterocycles. The van der Waals surface area contributed by atoms with E-state index < -0.39 is 23.6 Å². The van der Waals surface area contributed by atoms with Crippen molar-refractivity contribution in [3.63, 3.8) is 0 Å². The zero-order valence-corrected chi connectivity index (χ0v) is 14.4. The second kappa shape index (κ2) is 6.51. The third kappa shape index (κ3) is 3.13. The van der Waals surface area contributed by atoms with E-state index >= 15 is 0 Å². The molecular weight excluding hydrogens is 355 g/mol. The van der Waals surface area contributed by atoms with Gasteiger partial charge in [-0.15, -0.1) is 0 Å². The molecule has 1 heterocycles. The highest BCUT2D eigenvalue weighted by Crippen LogP contribution is 2.46. The van der Waals surface area contributed by atoms with Gasteiger partial charge in [-0.1, -0.05) is 36.4 Å². The largest absolute Gasteiger partial charge is 0.416 e. The second-order valence-corrected chi connectivity index (χ2v) is 7.19. The molecule has 3 atom stereocenters. The number of amides is 2. The summed E-state index contributed by atoms with van der Waals surface area (Å²) in [4.78, 5) is 26.6. The summed E-state index contributed by atoms with van der Waals surface area (Å²) in [7, 11) is 0. The molecule has 1 saturated carbocycles. The van der Waals surface area contributed by atoms with Crippen LogP contribution in [0.3, 0.4) is 0 Å². The first-order valence-electron chi connectivity index (χ1n) is 8.96. The van der Waals surface area contributed by atoms with Crippen LogP contribution in [-0.2, 0) is 15.8 Å². The first kappa shape index (κ1) is 17.8. The standard InChI is InChI=1S/C21H18F3NO2/c22-21(23,24)15-7-4-8-16(12-15)25-19(26)17-10-9-14(11-18(17)20(25)27)13-5-2-1-3-6-13/h1-8,12,14,17-18H,9-11H2/t14-,17+,18-/m0/s1. The summed E-state index contributed by atoms with van der Waals surface area (Å²) in [6.07, 6.45) is -2.60. The summed E-state index contributed by atoms with van der Waals surface area (Å²) in [5.74, 6) is -1.48. The first-order chi connectivity index (χ1) is 12.9. The van der Waals surface area contributed by atoms with Gasteiger partial charge in [0.25, 0.3) is 0 Å². The monoisotopic (exact) mass is 373 g/mol. The van der Waals surface area contributed by atoms with Gasteiger partial charge in [0.1, 0.15) is 0 Å². The molecule has 6 heteroatoms. The fourth-order valence-corrected chi connectivity index (χ4v) is 4.28. The van der Waals surface area contributed by atoms with Crippen LogP contribution in [0.4, 0.5) is 18.9 Å². The molecule has 2 aromatic rings. The molecule has 1 aliphatic carbocycles. The molecule has 0 unspecified atom stereocenters. The van der Waals surface area contributed by atoms with Crippen LogP contribution in [0.5, 0.6) is 0 Å². The van der Waals surface area contributed by atoms with Crippen LogP contribution in [0.15, 0.2) is 54.6 Å². The Morgan fingerprint density at radius 2 is 1.56 bits per heavy atom. The first-order valence-corrected chi connectivity index (χ1v) is 8.96. The molecule has 1 saturated heterocycles. The van der Waals surface area contributed by atoms with Gasteiger partial charge in [0.05, 0.1) is 23.1 Å². The number of imide groups is 1. The van der Waals surface area contributed by atoms with Gasteiger partial charge in [0.15, 0.2) is 0 Å². The molecule has 1 aliphatic heterocycles. The predicted octanol–water partition coefficient (Wildman–Crippen LogP) is 4.78.